The molecule has 0 aliphatic carbocycles. The van der Waals surface area contributed by atoms with E-state index in [9.17, 15) is 0 Å². The van der Waals surface area contributed by atoms with E-state index < -0.39 is 0 Å². The van der Waals surface area contributed by atoms with Crippen LogP contribution in [0.25, 0.3) is 0 Å². The van der Waals surface area contributed by atoms with E-state index in [1.54, 1.807) is 6.08 Å². The minimum absolute atomic E-state index is 0.581. The van der Waals surface area contributed by atoms with E-state index in [-0.39, 0.29) is 0 Å². The monoisotopic (exact) mass is 162 g/mol. The van der Waals surface area contributed by atoms with Crippen molar-refractivity contribution < 1.29 is 0 Å². The van der Waals surface area contributed by atoms with Crippen LogP contribution in [-0.2, 0) is 0 Å². The van der Waals surface area contributed by atoms with Crippen LogP contribution in [0.5, 0.6) is 0 Å². The highest BCUT2D eigenvalue weighted by Crippen LogP contribution is 2.12. The maximum atomic E-state index is 3.79. The normalized spacial score (nSPS) is 12.7. The number of rotatable bonds is 7. The minimum Gasteiger partial charge on any atom is -0.103 e. The zero-order valence-corrected chi connectivity index (χ0v) is 7.71. The van der Waals surface area contributed by atoms with Crippen LogP contribution in [-0.4, -0.2) is 0 Å². The summed E-state index contributed by atoms with van der Waals surface area (Å²) >= 11 is 0. The first-order valence-corrected chi connectivity index (χ1v) is 4.36. The Morgan fingerprint density at radius 2 is 1.92 bits per heavy atom. The van der Waals surface area contributed by atoms with Crippen molar-refractivity contribution in [3.63, 3.8) is 0 Å². The molecule has 0 nitrogen and oxygen atoms in total. The van der Waals surface area contributed by atoms with Crippen molar-refractivity contribution in [3.8, 4) is 0 Å². The first-order chi connectivity index (χ1) is 5.85. The van der Waals surface area contributed by atoms with Crippen LogP contribution in [0.4, 0.5) is 0 Å². The molecule has 0 bridgehead atoms. The van der Waals surface area contributed by atoms with Gasteiger partial charge in [-0.25, -0.2) is 0 Å². The maximum absolute atomic E-state index is 3.79. The van der Waals surface area contributed by atoms with Gasteiger partial charge >= 0.3 is 0 Å². The highest BCUT2D eigenvalue weighted by atomic mass is 14.0. The lowest BCUT2D eigenvalue weighted by atomic mass is 10.00. The summed E-state index contributed by atoms with van der Waals surface area (Å²) in [5.41, 5.74) is 0. The third-order valence-electron chi connectivity index (χ3n) is 1.78. The molecule has 0 aromatic rings. The quantitative estimate of drug-likeness (QED) is 0.393. The van der Waals surface area contributed by atoms with E-state index >= 15 is 0 Å². The summed E-state index contributed by atoms with van der Waals surface area (Å²) in [6, 6.07) is 0. The summed E-state index contributed by atoms with van der Waals surface area (Å²) in [4.78, 5) is 0. The molecule has 0 aliphatic rings. The maximum Gasteiger partial charge on any atom is -0.0199 e. The molecule has 0 amide bonds. The zero-order valence-electron chi connectivity index (χ0n) is 7.71. The zero-order chi connectivity index (χ0) is 9.23. The van der Waals surface area contributed by atoms with Crippen molar-refractivity contribution in [2.24, 2.45) is 5.92 Å². The first kappa shape index (κ1) is 11.0. The van der Waals surface area contributed by atoms with E-state index in [2.05, 4.69) is 25.8 Å². The Morgan fingerprint density at radius 3 is 2.42 bits per heavy atom. The number of hydrogen-bond donors (Lipinski definition) is 0. The SMILES string of the molecule is C=CC=CCCC(C=C)CC=C. The Kier molecular flexibility index (Phi) is 7.36. The summed E-state index contributed by atoms with van der Waals surface area (Å²) in [5.74, 6) is 0.581. The van der Waals surface area contributed by atoms with Crippen LogP contribution >= 0.6 is 0 Å². The van der Waals surface area contributed by atoms with E-state index in [1.165, 1.54) is 0 Å². The second kappa shape index (κ2) is 8.06. The fraction of sp³-hybridized carbons (Fsp3) is 0.333. The fourth-order valence-electron chi connectivity index (χ4n) is 1.05. The smallest absolute Gasteiger partial charge is 0.0199 e. The third-order valence-corrected chi connectivity index (χ3v) is 1.78. The van der Waals surface area contributed by atoms with Gasteiger partial charge in [0.05, 0.1) is 0 Å². The number of allylic oxidation sites excluding steroid dienone is 5. The molecular weight excluding hydrogens is 144 g/mol. The van der Waals surface area contributed by atoms with Gasteiger partial charge in [-0.05, 0) is 25.2 Å². The average Bonchev–Trinajstić information content (AvgIpc) is 2.10. The van der Waals surface area contributed by atoms with Gasteiger partial charge in [0, 0.05) is 0 Å². The lowest BCUT2D eigenvalue weighted by Crippen LogP contribution is -1.92. The van der Waals surface area contributed by atoms with Crippen LogP contribution in [0.2, 0.25) is 0 Å². The molecule has 66 valence electrons. The van der Waals surface area contributed by atoms with E-state index in [1.807, 2.05) is 18.2 Å². The largest absolute Gasteiger partial charge is 0.103 e. The van der Waals surface area contributed by atoms with E-state index in [0.717, 1.165) is 19.3 Å². The van der Waals surface area contributed by atoms with Gasteiger partial charge in [0.2, 0.25) is 0 Å². The molecular formula is C12H18. The molecule has 0 radical (unpaired) electrons. The van der Waals surface area contributed by atoms with E-state index in [0.29, 0.717) is 5.92 Å². The third kappa shape index (κ3) is 5.72. The summed E-state index contributed by atoms with van der Waals surface area (Å²) in [5, 5.41) is 0. The summed E-state index contributed by atoms with van der Waals surface area (Å²) in [6.07, 6.45) is 13.1. The molecule has 0 saturated carbocycles. The standard InChI is InChI=1S/C12H18/c1-4-7-8-9-11-12(6-3)10-5-2/h4-8,12H,1-3,9-11H2. The molecule has 0 fully saturated rings. The molecule has 0 spiro atoms. The predicted molar refractivity (Wildman–Crippen MR) is 57.1 cm³/mol. The van der Waals surface area contributed by atoms with Crippen LogP contribution in [0.1, 0.15) is 19.3 Å². The van der Waals surface area contributed by atoms with Crippen molar-refractivity contribution in [2.75, 3.05) is 0 Å². The van der Waals surface area contributed by atoms with Gasteiger partial charge in [0.1, 0.15) is 0 Å². The van der Waals surface area contributed by atoms with Crippen molar-refractivity contribution >= 4 is 0 Å². The highest BCUT2D eigenvalue weighted by molar-refractivity contribution is 4.97. The van der Waals surface area contributed by atoms with E-state index in [4.69, 9.17) is 0 Å². The van der Waals surface area contributed by atoms with Crippen LogP contribution < -0.4 is 0 Å². The molecule has 0 aliphatic heterocycles. The molecule has 0 rings (SSSR count). The second-order valence-electron chi connectivity index (χ2n) is 2.76. The molecule has 1 atom stereocenters. The fourth-order valence-corrected chi connectivity index (χ4v) is 1.05. The van der Waals surface area contributed by atoms with Crippen molar-refractivity contribution in [1.29, 1.82) is 0 Å². The molecule has 0 aromatic heterocycles. The van der Waals surface area contributed by atoms with Crippen LogP contribution in [0.3, 0.4) is 0 Å². The van der Waals surface area contributed by atoms with Gasteiger partial charge in [0.15, 0.2) is 0 Å². The summed E-state index contributed by atoms with van der Waals surface area (Å²) < 4.78 is 0. The van der Waals surface area contributed by atoms with Gasteiger partial charge in [-0.15, -0.1) is 13.2 Å². The Labute approximate surface area is 76.0 Å². The molecule has 1 unspecified atom stereocenters. The lowest BCUT2D eigenvalue weighted by molar-refractivity contribution is 0.608. The molecule has 0 heterocycles. The average molecular weight is 162 g/mol. The topological polar surface area (TPSA) is 0 Å². The minimum atomic E-state index is 0.581. The number of hydrogen-bond acceptors (Lipinski definition) is 0. The van der Waals surface area contributed by atoms with Crippen LogP contribution in [0, 0.1) is 5.92 Å². The highest BCUT2D eigenvalue weighted by Gasteiger charge is 1.98. The molecule has 0 saturated heterocycles. The van der Waals surface area contributed by atoms with Gasteiger partial charge in [0.25, 0.3) is 0 Å². The van der Waals surface area contributed by atoms with Crippen molar-refractivity contribution in [2.45, 2.75) is 19.3 Å². The van der Waals surface area contributed by atoms with Crippen molar-refractivity contribution in [1.82, 2.24) is 0 Å². The van der Waals surface area contributed by atoms with Crippen molar-refractivity contribution in [3.05, 3.63) is 50.1 Å². The van der Waals surface area contributed by atoms with Gasteiger partial charge in [-0.3, -0.25) is 0 Å². The molecule has 12 heavy (non-hydrogen) atoms. The lowest BCUT2D eigenvalue weighted by Gasteiger charge is -2.06. The summed E-state index contributed by atoms with van der Waals surface area (Å²) in [7, 11) is 0. The Hall–Kier alpha value is -1.04. The Morgan fingerprint density at radius 1 is 1.17 bits per heavy atom. The Bertz CT molecular complexity index is 163. The van der Waals surface area contributed by atoms with Gasteiger partial charge in [-0.1, -0.05) is 37.0 Å². The summed E-state index contributed by atoms with van der Waals surface area (Å²) in [6.45, 7) is 11.1. The predicted octanol–water partition coefficient (Wildman–Crippen LogP) is 3.89. The van der Waals surface area contributed by atoms with Gasteiger partial charge < -0.3 is 0 Å². The second-order valence-corrected chi connectivity index (χ2v) is 2.76. The van der Waals surface area contributed by atoms with Gasteiger partial charge in [-0.2, -0.15) is 0 Å². The molecule has 0 heteroatoms. The van der Waals surface area contributed by atoms with Crippen LogP contribution in [0.15, 0.2) is 50.1 Å². The Balaban J connectivity index is 3.56. The first-order valence-electron chi connectivity index (χ1n) is 4.36. The molecule has 0 aromatic carbocycles. The molecule has 0 N–H and O–H groups in total.